The van der Waals surface area contributed by atoms with Crippen molar-refractivity contribution < 1.29 is 9.53 Å². The Morgan fingerprint density at radius 1 is 1.33 bits per heavy atom. The molecular formula is C20H27N5O2. The molecule has 0 radical (unpaired) electrons. The number of nitrogens with zero attached hydrogens (tertiary/aromatic N) is 4. The summed E-state index contributed by atoms with van der Waals surface area (Å²) in [5.41, 5.74) is 2.29. The smallest absolute Gasteiger partial charge is 0.220 e. The highest BCUT2D eigenvalue weighted by molar-refractivity contribution is 5.76. The van der Waals surface area contributed by atoms with E-state index in [1.54, 1.807) is 13.3 Å². The van der Waals surface area contributed by atoms with E-state index in [-0.39, 0.29) is 11.9 Å². The van der Waals surface area contributed by atoms with Crippen molar-refractivity contribution >= 4 is 5.91 Å². The lowest BCUT2D eigenvalue weighted by Crippen LogP contribution is -2.39. The number of rotatable bonds is 8. The summed E-state index contributed by atoms with van der Waals surface area (Å²) in [7, 11) is 1.66. The van der Waals surface area contributed by atoms with Crippen molar-refractivity contribution in [1.82, 2.24) is 25.0 Å². The second-order valence-corrected chi connectivity index (χ2v) is 7.55. The molecule has 7 heteroatoms. The lowest BCUT2D eigenvalue weighted by atomic mass is 10.1. The molecule has 0 bridgehead atoms. The van der Waals surface area contributed by atoms with Gasteiger partial charge in [-0.1, -0.05) is 6.07 Å². The molecular weight excluding hydrogens is 342 g/mol. The van der Waals surface area contributed by atoms with Gasteiger partial charge in [-0.15, -0.1) is 0 Å². The van der Waals surface area contributed by atoms with E-state index in [1.807, 2.05) is 12.3 Å². The number of hydrogen-bond donors (Lipinski definition) is 1. The molecule has 2 aromatic heterocycles. The summed E-state index contributed by atoms with van der Waals surface area (Å²) < 4.78 is 7.51. The standard InChI is InChI=1S/C20H27N5O2/c1-27-20-16(3-2-8-22-20)12-24-13-17(25-18(14-24)7-10-23-25)6-9-21-19(26)11-15-4-5-15/h2-3,7-8,10,15,17H,4-6,9,11-14H2,1H3,(H,21,26)/t17-/m1/s1. The number of methoxy groups -OCH3 is 1. The van der Waals surface area contributed by atoms with E-state index >= 15 is 0 Å². The first-order valence-corrected chi connectivity index (χ1v) is 9.72. The van der Waals surface area contributed by atoms with E-state index in [4.69, 9.17) is 4.74 Å². The third-order valence-corrected chi connectivity index (χ3v) is 5.36. The molecule has 0 spiro atoms. The number of pyridine rings is 1. The lowest BCUT2D eigenvalue weighted by Gasteiger charge is -2.34. The Labute approximate surface area is 159 Å². The van der Waals surface area contributed by atoms with Crippen molar-refractivity contribution in [3.8, 4) is 5.88 Å². The van der Waals surface area contributed by atoms with Crippen LogP contribution in [0.25, 0.3) is 0 Å². The van der Waals surface area contributed by atoms with Crippen LogP contribution in [0.2, 0.25) is 0 Å². The van der Waals surface area contributed by atoms with Crippen molar-refractivity contribution in [2.45, 2.75) is 44.8 Å². The van der Waals surface area contributed by atoms with Gasteiger partial charge in [0.15, 0.2) is 0 Å². The molecule has 27 heavy (non-hydrogen) atoms. The first-order chi connectivity index (χ1) is 13.2. The third-order valence-electron chi connectivity index (χ3n) is 5.36. The first kappa shape index (κ1) is 18.0. The van der Waals surface area contributed by atoms with Gasteiger partial charge in [-0.25, -0.2) is 4.98 Å². The van der Waals surface area contributed by atoms with E-state index in [9.17, 15) is 4.79 Å². The zero-order valence-electron chi connectivity index (χ0n) is 15.8. The normalized spacial score (nSPS) is 19.5. The molecule has 4 rings (SSSR count). The van der Waals surface area contributed by atoms with Crippen LogP contribution in [-0.2, 0) is 17.9 Å². The van der Waals surface area contributed by atoms with E-state index < -0.39 is 0 Å². The molecule has 1 fully saturated rings. The topological polar surface area (TPSA) is 72.3 Å². The van der Waals surface area contributed by atoms with Crippen LogP contribution in [0, 0.1) is 5.92 Å². The fourth-order valence-corrected chi connectivity index (χ4v) is 3.80. The quantitative estimate of drug-likeness (QED) is 0.772. The minimum atomic E-state index is 0.186. The summed E-state index contributed by atoms with van der Waals surface area (Å²) in [6, 6.07) is 6.34. The number of aromatic nitrogens is 3. The minimum Gasteiger partial charge on any atom is -0.481 e. The molecule has 1 amide bonds. The highest BCUT2D eigenvalue weighted by Gasteiger charge is 2.27. The maximum Gasteiger partial charge on any atom is 0.220 e. The summed E-state index contributed by atoms with van der Waals surface area (Å²) in [6.45, 7) is 3.22. The summed E-state index contributed by atoms with van der Waals surface area (Å²) in [5.74, 6) is 1.49. The van der Waals surface area contributed by atoms with Crippen LogP contribution < -0.4 is 10.1 Å². The zero-order valence-corrected chi connectivity index (χ0v) is 15.8. The van der Waals surface area contributed by atoms with Gasteiger partial charge in [0.05, 0.1) is 18.8 Å². The molecule has 144 valence electrons. The predicted octanol–water partition coefficient (Wildman–Crippen LogP) is 2.15. The number of ether oxygens (including phenoxy) is 1. The van der Waals surface area contributed by atoms with Crippen LogP contribution in [0.3, 0.4) is 0 Å². The molecule has 2 aliphatic rings. The number of nitrogens with one attached hydrogen (secondary N) is 1. The average Bonchev–Trinajstić information content (AvgIpc) is 3.35. The Kier molecular flexibility index (Phi) is 5.38. The van der Waals surface area contributed by atoms with E-state index in [0.717, 1.165) is 31.6 Å². The van der Waals surface area contributed by atoms with Gasteiger partial charge in [0.1, 0.15) is 0 Å². The van der Waals surface area contributed by atoms with Crippen LogP contribution in [-0.4, -0.2) is 45.8 Å². The van der Waals surface area contributed by atoms with E-state index in [2.05, 4.69) is 37.1 Å². The van der Waals surface area contributed by atoms with Gasteiger partial charge in [0, 0.05) is 50.6 Å². The molecule has 2 aromatic rings. The van der Waals surface area contributed by atoms with Gasteiger partial charge in [-0.05, 0) is 37.3 Å². The van der Waals surface area contributed by atoms with Crippen molar-refractivity contribution in [3.63, 3.8) is 0 Å². The van der Waals surface area contributed by atoms with Gasteiger partial charge >= 0.3 is 0 Å². The highest BCUT2D eigenvalue weighted by atomic mass is 16.5. The lowest BCUT2D eigenvalue weighted by molar-refractivity contribution is -0.121. The second-order valence-electron chi connectivity index (χ2n) is 7.55. The average molecular weight is 369 g/mol. The monoisotopic (exact) mass is 369 g/mol. The first-order valence-electron chi connectivity index (χ1n) is 9.72. The molecule has 1 aliphatic heterocycles. The van der Waals surface area contributed by atoms with Gasteiger partial charge in [-0.3, -0.25) is 14.4 Å². The number of carbonyl (C=O) groups excluding carboxylic acids is 1. The van der Waals surface area contributed by atoms with Gasteiger partial charge in [0.25, 0.3) is 0 Å². The van der Waals surface area contributed by atoms with Crippen molar-refractivity contribution in [1.29, 1.82) is 0 Å². The summed E-state index contributed by atoms with van der Waals surface area (Å²) in [5, 5.41) is 7.59. The Balaban J connectivity index is 1.37. The molecule has 1 aliphatic carbocycles. The molecule has 7 nitrogen and oxygen atoms in total. The Hall–Kier alpha value is -2.41. The Morgan fingerprint density at radius 3 is 3.04 bits per heavy atom. The summed E-state index contributed by atoms with van der Waals surface area (Å²) in [6.07, 6.45) is 7.60. The van der Waals surface area contributed by atoms with Crippen LogP contribution in [0.15, 0.2) is 30.6 Å². The molecule has 1 atom stereocenters. The predicted molar refractivity (Wildman–Crippen MR) is 101 cm³/mol. The van der Waals surface area contributed by atoms with Crippen LogP contribution in [0.5, 0.6) is 5.88 Å². The van der Waals surface area contributed by atoms with E-state index in [1.165, 1.54) is 18.5 Å². The maximum absolute atomic E-state index is 11.9. The summed E-state index contributed by atoms with van der Waals surface area (Å²) >= 11 is 0. The Morgan fingerprint density at radius 2 is 2.22 bits per heavy atom. The molecule has 1 N–H and O–H groups in total. The zero-order chi connectivity index (χ0) is 18.6. The SMILES string of the molecule is COc1ncccc1CN1Cc2ccnn2[C@H](CCNC(=O)CC2CC2)C1. The summed E-state index contributed by atoms with van der Waals surface area (Å²) in [4.78, 5) is 18.6. The van der Waals surface area contributed by atoms with Gasteiger partial charge in [-0.2, -0.15) is 5.10 Å². The van der Waals surface area contributed by atoms with Gasteiger partial charge in [0.2, 0.25) is 11.8 Å². The molecule has 1 saturated carbocycles. The number of amides is 1. The largest absolute Gasteiger partial charge is 0.481 e. The van der Waals surface area contributed by atoms with Crippen molar-refractivity contribution in [3.05, 3.63) is 41.9 Å². The van der Waals surface area contributed by atoms with Crippen molar-refractivity contribution in [2.75, 3.05) is 20.2 Å². The van der Waals surface area contributed by atoms with Crippen LogP contribution >= 0.6 is 0 Å². The fraction of sp³-hybridized carbons (Fsp3) is 0.550. The minimum absolute atomic E-state index is 0.186. The third kappa shape index (κ3) is 4.47. The number of carbonyl (C=O) groups is 1. The molecule has 0 saturated heterocycles. The second kappa shape index (κ2) is 8.08. The highest BCUT2D eigenvalue weighted by Crippen LogP contribution is 2.32. The van der Waals surface area contributed by atoms with E-state index in [0.29, 0.717) is 24.8 Å². The molecule has 0 aromatic carbocycles. The molecule has 3 heterocycles. The number of hydrogen-bond acceptors (Lipinski definition) is 5. The van der Waals surface area contributed by atoms with Gasteiger partial charge < -0.3 is 10.1 Å². The fourth-order valence-electron chi connectivity index (χ4n) is 3.80. The maximum atomic E-state index is 11.9. The molecule has 0 unspecified atom stereocenters. The van der Waals surface area contributed by atoms with Crippen molar-refractivity contribution in [2.24, 2.45) is 5.92 Å². The van der Waals surface area contributed by atoms with Crippen LogP contribution in [0.4, 0.5) is 0 Å². The Bertz CT molecular complexity index is 786. The number of fused-ring (bicyclic) bond motifs is 1. The van der Waals surface area contributed by atoms with Crippen LogP contribution in [0.1, 0.15) is 43.0 Å².